The normalized spacial score (nSPS) is 25.8. The molecule has 1 fully saturated rings. The van der Waals surface area contributed by atoms with Crippen molar-refractivity contribution >= 4 is 0 Å². The van der Waals surface area contributed by atoms with E-state index in [1.54, 1.807) is 6.26 Å². The lowest BCUT2D eigenvalue weighted by molar-refractivity contribution is 0.370. The lowest BCUT2D eigenvalue weighted by atomic mass is 10.4. The molecular weight excluding hydrogens is 104 g/mol. The quantitative estimate of drug-likeness (QED) is 0.510. The molecule has 1 aliphatic heterocycles. The molecule has 8 heavy (non-hydrogen) atoms. The van der Waals surface area contributed by atoms with Crippen molar-refractivity contribution < 1.29 is 9.15 Å². The molecule has 0 amide bonds. The van der Waals surface area contributed by atoms with Crippen LogP contribution in [0.5, 0.6) is 0 Å². The third-order valence-corrected chi connectivity index (χ3v) is 1.19. The molecule has 1 atom stereocenters. The average molecular weight is 110 g/mol. The second-order valence-electron chi connectivity index (χ2n) is 1.84. The van der Waals surface area contributed by atoms with Gasteiger partial charge in [-0.1, -0.05) is 0 Å². The molecule has 0 saturated carbocycles. The first-order valence-electron chi connectivity index (χ1n) is 2.62. The SMILES string of the molecule is c1coc([C@@H]2CO2)c1. The van der Waals surface area contributed by atoms with Gasteiger partial charge < -0.3 is 9.15 Å². The Hall–Kier alpha value is -0.760. The monoisotopic (exact) mass is 110 g/mol. The van der Waals surface area contributed by atoms with E-state index >= 15 is 0 Å². The highest BCUT2D eigenvalue weighted by molar-refractivity contribution is 5.05. The first kappa shape index (κ1) is 4.15. The van der Waals surface area contributed by atoms with Gasteiger partial charge in [0, 0.05) is 0 Å². The van der Waals surface area contributed by atoms with Crippen molar-refractivity contribution in [2.45, 2.75) is 6.10 Å². The van der Waals surface area contributed by atoms with Crippen molar-refractivity contribution in [1.29, 1.82) is 0 Å². The highest BCUT2D eigenvalue weighted by Gasteiger charge is 2.26. The fraction of sp³-hybridized carbons (Fsp3) is 0.333. The van der Waals surface area contributed by atoms with Gasteiger partial charge in [-0.15, -0.1) is 0 Å². The van der Waals surface area contributed by atoms with Crippen molar-refractivity contribution in [3.05, 3.63) is 24.2 Å². The zero-order chi connectivity index (χ0) is 5.40. The van der Waals surface area contributed by atoms with E-state index in [0.29, 0.717) is 0 Å². The van der Waals surface area contributed by atoms with Gasteiger partial charge in [0.2, 0.25) is 0 Å². The highest BCUT2D eigenvalue weighted by Crippen LogP contribution is 2.29. The van der Waals surface area contributed by atoms with Gasteiger partial charge >= 0.3 is 0 Å². The molecule has 0 aromatic carbocycles. The molecule has 0 spiro atoms. The van der Waals surface area contributed by atoms with Crippen molar-refractivity contribution in [2.75, 3.05) is 6.61 Å². The molecule has 2 heteroatoms. The molecule has 0 unspecified atom stereocenters. The molecule has 2 nitrogen and oxygen atoms in total. The summed E-state index contributed by atoms with van der Waals surface area (Å²) in [7, 11) is 0. The Morgan fingerprint density at radius 1 is 1.62 bits per heavy atom. The smallest absolute Gasteiger partial charge is 0.138 e. The van der Waals surface area contributed by atoms with E-state index in [1.165, 1.54) is 0 Å². The molecule has 0 aliphatic carbocycles. The van der Waals surface area contributed by atoms with Crippen molar-refractivity contribution in [3.8, 4) is 0 Å². The van der Waals surface area contributed by atoms with E-state index in [-0.39, 0.29) is 6.10 Å². The average Bonchev–Trinajstić information content (AvgIpc) is 2.49. The molecule has 0 radical (unpaired) electrons. The standard InChI is InChI=1S/C6H6O2/c1-2-5(7-3-1)6-4-8-6/h1-3,6H,4H2/t6-/m0/s1. The van der Waals surface area contributed by atoms with Crippen LogP contribution < -0.4 is 0 Å². The predicted octanol–water partition coefficient (Wildman–Crippen LogP) is 1.35. The van der Waals surface area contributed by atoms with Crippen LogP contribution in [0.4, 0.5) is 0 Å². The van der Waals surface area contributed by atoms with E-state index in [0.717, 1.165) is 12.4 Å². The zero-order valence-corrected chi connectivity index (χ0v) is 4.33. The van der Waals surface area contributed by atoms with Gasteiger partial charge in [0.05, 0.1) is 12.9 Å². The Bertz CT molecular complexity index is 163. The van der Waals surface area contributed by atoms with Crippen molar-refractivity contribution in [2.24, 2.45) is 0 Å². The Morgan fingerprint density at radius 2 is 2.50 bits per heavy atom. The van der Waals surface area contributed by atoms with Gasteiger partial charge in [0.15, 0.2) is 0 Å². The summed E-state index contributed by atoms with van der Waals surface area (Å²) in [4.78, 5) is 0. The fourth-order valence-corrected chi connectivity index (χ4v) is 0.687. The molecule has 1 aromatic heterocycles. The minimum Gasteiger partial charge on any atom is -0.466 e. The zero-order valence-electron chi connectivity index (χ0n) is 4.33. The Morgan fingerprint density at radius 3 is 3.00 bits per heavy atom. The molecule has 1 aromatic rings. The molecular formula is C6H6O2. The second kappa shape index (κ2) is 1.36. The third kappa shape index (κ3) is 0.537. The maximum Gasteiger partial charge on any atom is 0.138 e. The van der Waals surface area contributed by atoms with Gasteiger partial charge in [-0.2, -0.15) is 0 Å². The first-order chi connectivity index (χ1) is 3.97. The lowest BCUT2D eigenvalue weighted by Gasteiger charge is -1.79. The topological polar surface area (TPSA) is 25.7 Å². The van der Waals surface area contributed by atoms with Crippen molar-refractivity contribution in [3.63, 3.8) is 0 Å². The number of rotatable bonds is 1. The van der Waals surface area contributed by atoms with E-state index in [9.17, 15) is 0 Å². The number of epoxide rings is 1. The Balaban J connectivity index is 2.28. The molecule has 2 rings (SSSR count). The minimum absolute atomic E-state index is 0.269. The van der Waals surface area contributed by atoms with Gasteiger partial charge in [-0.3, -0.25) is 0 Å². The molecule has 0 bridgehead atoms. The summed E-state index contributed by atoms with van der Waals surface area (Å²) in [5, 5.41) is 0. The highest BCUT2D eigenvalue weighted by atomic mass is 16.6. The van der Waals surface area contributed by atoms with Crippen LogP contribution in [0.2, 0.25) is 0 Å². The van der Waals surface area contributed by atoms with E-state index in [4.69, 9.17) is 9.15 Å². The molecule has 42 valence electrons. The third-order valence-electron chi connectivity index (χ3n) is 1.19. The van der Waals surface area contributed by atoms with Gasteiger partial charge in [-0.25, -0.2) is 0 Å². The lowest BCUT2D eigenvalue weighted by Crippen LogP contribution is -1.68. The summed E-state index contributed by atoms with van der Waals surface area (Å²) < 4.78 is 9.99. The summed E-state index contributed by atoms with van der Waals surface area (Å²) in [6.45, 7) is 0.827. The predicted molar refractivity (Wildman–Crippen MR) is 27.4 cm³/mol. The van der Waals surface area contributed by atoms with Crippen LogP contribution >= 0.6 is 0 Å². The number of ether oxygens (including phenoxy) is 1. The summed E-state index contributed by atoms with van der Waals surface area (Å²) in [5.41, 5.74) is 0. The fourth-order valence-electron chi connectivity index (χ4n) is 0.687. The molecule has 1 saturated heterocycles. The Kier molecular flexibility index (Phi) is 0.704. The largest absolute Gasteiger partial charge is 0.466 e. The number of hydrogen-bond acceptors (Lipinski definition) is 2. The van der Waals surface area contributed by atoms with E-state index in [1.807, 2.05) is 12.1 Å². The summed E-state index contributed by atoms with van der Waals surface area (Å²) >= 11 is 0. The van der Waals surface area contributed by atoms with Crippen molar-refractivity contribution in [1.82, 2.24) is 0 Å². The van der Waals surface area contributed by atoms with Crippen LogP contribution in [0, 0.1) is 0 Å². The van der Waals surface area contributed by atoms with Gasteiger partial charge in [-0.05, 0) is 12.1 Å². The van der Waals surface area contributed by atoms with Crippen LogP contribution in [-0.4, -0.2) is 6.61 Å². The second-order valence-corrected chi connectivity index (χ2v) is 1.84. The molecule has 2 heterocycles. The van der Waals surface area contributed by atoms with Gasteiger partial charge in [0.1, 0.15) is 11.9 Å². The van der Waals surface area contributed by atoms with Crippen LogP contribution in [0.25, 0.3) is 0 Å². The first-order valence-corrected chi connectivity index (χ1v) is 2.62. The van der Waals surface area contributed by atoms with Crippen LogP contribution in [0.1, 0.15) is 11.9 Å². The number of furan rings is 1. The molecule has 0 N–H and O–H groups in total. The van der Waals surface area contributed by atoms with E-state index < -0.39 is 0 Å². The van der Waals surface area contributed by atoms with Crippen LogP contribution in [0.15, 0.2) is 22.8 Å². The maximum absolute atomic E-state index is 5.03. The summed E-state index contributed by atoms with van der Waals surface area (Å²) in [6, 6.07) is 3.80. The van der Waals surface area contributed by atoms with E-state index in [2.05, 4.69) is 0 Å². The minimum atomic E-state index is 0.269. The van der Waals surface area contributed by atoms with Crippen LogP contribution in [0.3, 0.4) is 0 Å². The Labute approximate surface area is 47.1 Å². The summed E-state index contributed by atoms with van der Waals surface area (Å²) in [5.74, 6) is 0.949. The summed E-state index contributed by atoms with van der Waals surface area (Å²) in [6.07, 6.45) is 1.93. The maximum atomic E-state index is 5.03. The number of hydrogen-bond donors (Lipinski definition) is 0. The molecule has 1 aliphatic rings. The van der Waals surface area contributed by atoms with Gasteiger partial charge in [0.25, 0.3) is 0 Å². The van der Waals surface area contributed by atoms with Crippen LogP contribution in [-0.2, 0) is 4.74 Å².